The largest absolute Gasteiger partial charge is 0.387 e. The van der Waals surface area contributed by atoms with Gasteiger partial charge in [-0.1, -0.05) is 30.7 Å². The summed E-state index contributed by atoms with van der Waals surface area (Å²) in [7, 11) is 3.79. The summed E-state index contributed by atoms with van der Waals surface area (Å²) < 4.78 is 0. The maximum absolute atomic E-state index is 12.0. The lowest BCUT2D eigenvalue weighted by molar-refractivity contribution is -0.123. The van der Waals surface area contributed by atoms with Crippen molar-refractivity contribution in [3.8, 4) is 0 Å². The number of halogens is 1. The Morgan fingerprint density at radius 1 is 1.36 bits per heavy atom. The van der Waals surface area contributed by atoms with Gasteiger partial charge in [-0.05, 0) is 51.1 Å². The Morgan fingerprint density at radius 3 is 2.50 bits per heavy atom. The van der Waals surface area contributed by atoms with Crippen LogP contribution in [0.25, 0.3) is 0 Å². The van der Waals surface area contributed by atoms with Crippen LogP contribution in [0.5, 0.6) is 0 Å². The summed E-state index contributed by atoms with van der Waals surface area (Å²) in [5, 5.41) is 13.7. The van der Waals surface area contributed by atoms with Crippen LogP contribution in [-0.2, 0) is 11.2 Å². The van der Waals surface area contributed by atoms with Crippen molar-refractivity contribution in [1.29, 1.82) is 0 Å². The first-order valence-corrected chi connectivity index (χ1v) is 7.94. The van der Waals surface area contributed by atoms with E-state index in [1.54, 1.807) is 6.92 Å². The molecule has 0 spiro atoms. The molecule has 4 nitrogen and oxygen atoms in total. The van der Waals surface area contributed by atoms with Crippen molar-refractivity contribution in [2.75, 3.05) is 27.2 Å². The minimum Gasteiger partial charge on any atom is -0.387 e. The smallest absolute Gasteiger partial charge is 0.220 e. The van der Waals surface area contributed by atoms with Crippen molar-refractivity contribution in [2.24, 2.45) is 5.92 Å². The van der Waals surface area contributed by atoms with E-state index in [2.05, 4.69) is 5.32 Å². The molecule has 0 radical (unpaired) electrons. The molecular weight excluding hydrogens is 300 g/mol. The van der Waals surface area contributed by atoms with Crippen molar-refractivity contribution in [3.05, 3.63) is 34.9 Å². The van der Waals surface area contributed by atoms with E-state index in [1.807, 2.05) is 50.2 Å². The van der Waals surface area contributed by atoms with Gasteiger partial charge in [-0.15, -0.1) is 0 Å². The van der Waals surface area contributed by atoms with Crippen molar-refractivity contribution >= 4 is 17.5 Å². The number of benzene rings is 1. The predicted octanol–water partition coefficient (Wildman–Crippen LogP) is 2.34. The molecule has 0 aliphatic carbocycles. The molecule has 22 heavy (non-hydrogen) atoms. The molecule has 0 saturated heterocycles. The molecule has 0 bridgehead atoms. The fourth-order valence-corrected chi connectivity index (χ4v) is 2.64. The lowest BCUT2D eigenvalue weighted by atomic mass is 9.97. The Morgan fingerprint density at radius 2 is 1.95 bits per heavy atom. The van der Waals surface area contributed by atoms with E-state index in [1.165, 1.54) is 5.56 Å². The number of likely N-dealkylation sites (N-methyl/N-ethyl adjacent to an activating group) is 1. The summed E-state index contributed by atoms with van der Waals surface area (Å²) in [5.41, 5.74) is 0.253. The van der Waals surface area contributed by atoms with Crippen LogP contribution in [0.3, 0.4) is 0 Å². The topological polar surface area (TPSA) is 52.6 Å². The second kappa shape index (κ2) is 8.51. The molecular formula is C17H27ClN2O2. The Labute approximate surface area is 138 Å². The average Bonchev–Trinajstić information content (AvgIpc) is 2.38. The highest BCUT2D eigenvalue weighted by atomic mass is 35.5. The predicted molar refractivity (Wildman–Crippen MR) is 91.1 cm³/mol. The van der Waals surface area contributed by atoms with Gasteiger partial charge in [0.2, 0.25) is 5.91 Å². The quantitative estimate of drug-likeness (QED) is 0.771. The third kappa shape index (κ3) is 7.78. The highest BCUT2D eigenvalue weighted by Gasteiger charge is 2.22. The molecule has 2 unspecified atom stereocenters. The standard InChI is InChI=1S/C17H27ClN2O2/c1-13(9-14-5-7-15(18)8-6-14)10-16(21)19-11-17(2,22)12-20(3)4/h5-8,13,22H,9-12H2,1-4H3,(H,19,21). The van der Waals surface area contributed by atoms with Crippen LogP contribution < -0.4 is 5.32 Å². The minimum absolute atomic E-state index is 0.0273. The number of aliphatic hydroxyl groups is 1. The molecule has 1 amide bonds. The second-order valence-corrected chi connectivity index (χ2v) is 7.09. The molecule has 1 aromatic carbocycles. The van der Waals surface area contributed by atoms with Gasteiger partial charge in [-0.25, -0.2) is 0 Å². The van der Waals surface area contributed by atoms with Gasteiger partial charge in [0.25, 0.3) is 0 Å². The molecule has 0 fully saturated rings. The summed E-state index contributed by atoms with van der Waals surface area (Å²) in [6.07, 6.45) is 1.28. The van der Waals surface area contributed by atoms with E-state index in [-0.39, 0.29) is 18.4 Å². The number of hydrogen-bond donors (Lipinski definition) is 2. The summed E-state index contributed by atoms with van der Waals surface area (Å²) in [6.45, 7) is 4.54. The fourth-order valence-electron chi connectivity index (χ4n) is 2.51. The van der Waals surface area contributed by atoms with E-state index >= 15 is 0 Å². The van der Waals surface area contributed by atoms with E-state index in [0.29, 0.717) is 13.0 Å². The number of hydrogen-bond acceptors (Lipinski definition) is 3. The Hall–Kier alpha value is -1.10. The first-order valence-electron chi connectivity index (χ1n) is 7.56. The normalized spacial score (nSPS) is 15.4. The van der Waals surface area contributed by atoms with Gasteiger partial charge in [0.05, 0.1) is 5.60 Å². The Balaban J connectivity index is 2.36. The van der Waals surface area contributed by atoms with E-state index in [4.69, 9.17) is 11.6 Å². The minimum atomic E-state index is -0.918. The van der Waals surface area contributed by atoms with Crippen molar-refractivity contribution in [3.63, 3.8) is 0 Å². The molecule has 0 saturated carbocycles. The van der Waals surface area contributed by atoms with Gasteiger partial charge in [-0.2, -0.15) is 0 Å². The summed E-state index contributed by atoms with van der Waals surface area (Å²) >= 11 is 5.86. The van der Waals surface area contributed by atoms with Crippen LogP contribution in [-0.4, -0.2) is 48.7 Å². The molecule has 2 N–H and O–H groups in total. The van der Waals surface area contributed by atoms with E-state index in [0.717, 1.165) is 11.4 Å². The maximum atomic E-state index is 12.0. The van der Waals surface area contributed by atoms with Gasteiger partial charge in [0, 0.05) is 24.5 Å². The Kier molecular flexibility index (Phi) is 7.33. The first-order chi connectivity index (χ1) is 10.2. The molecule has 0 aliphatic heterocycles. The molecule has 5 heteroatoms. The van der Waals surface area contributed by atoms with Gasteiger partial charge in [0.15, 0.2) is 0 Å². The van der Waals surface area contributed by atoms with Crippen LogP contribution in [0, 0.1) is 5.92 Å². The molecule has 1 rings (SSSR count). The van der Waals surface area contributed by atoms with Crippen LogP contribution in [0.15, 0.2) is 24.3 Å². The molecule has 2 atom stereocenters. The molecule has 0 heterocycles. The zero-order valence-corrected chi connectivity index (χ0v) is 14.7. The summed E-state index contributed by atoms with van der Waals surface area (Å²) in [6, 6.07) is 7.70. The van der Waals surface area contributed by atoms with Crippen LogP contribution in [0.4, 0.5) is 0 Å². The average molecular weight is 327 g/mol. The Bertz CT molecular complexity index is 472. The zero-order chi connectivity index (χ0) is 16.8. The van der Waals surface area contributed by atoms with Crippen molar-refractivity contribution in [1.82, 2.24) is 10.2 Å². The van der Waals surface area contributed by atoms with Crippen LogP contribution in [0.1, 0.15) is 25.8 Å². The number of rotatable bonds is 8. The third-order valence-corrected chi connectivity index (χ3v) is 3.61. The van der Waals surface area contributed by atoms with Gasteiger partial charge in [0.1, 0.15) is 0 Å². The van der Waals surface area contributed by atoms with Gasteiger partial charge in [-0.3, -0.25) is 4.79 Å². The number of carbonyl (C=O) groups excluding carboxylic acids is 1. The number of amides is 1. The number of carbonyl (C=O) groups is 1. The highest BCUT2D eigenvalue weighted by molar-refractivity contribution is 6.30. The maximum Gasteiger partial charge on any atom is 0.220 e. The monoisotopic (exact) mass is 326 g/mol. The first kappa shape index (κ1) is 18.9. The molecule has 124 valence electrons. The van der Waals surface area contributed by atoms with Gasteiger partial charge < -0.3 is 15.3 Å². The SMILES string of the molecule is CC(CC(=O)NCC(C)(O)CN(C)C)Cc1ccc(Cl)cc1. The number of nitrogens with zero attached hydrogens (tertiary/aromatic N) is 1. The summed E-state index contributed by atoms with van der Waals surface area (Å²) in [4.78, 5) is 13.9. The number of nitrogens with one attached hydrogen (secondary N) is 1. The van der Waals surface area contributed by atoms with E-state index < -0.39 is 5.60 Å². The van der Waals surface area contributed by atoms with Crippen molar-refractivity contribution in [2.45, 2.75) is 32.3 Å². The highest BCUT2D eigenvalue weighted by Crippen LogP contribution is 2.15. The van der Waals surface area contributed by atoms with Crippen molar-refractivity contribution < 1.29 is 9.90 Å². The zero-order valence-electron chi connectivity index (χ0n) is 13.9. The second-order valence-electron chi connectivity index (χ2n) is 6.65. The lowest BCUT2D eigenvalue weighted by Gasteiger charge is -2.27. The summed E-state index contributed by atoms with van der Waals surface area (Å²) in [5.74, 6) is 0.209. The third-order valence-electron chi connectivity index (χ3n) is 3.35. The molecule has 0 aliphatic rings. The van der Waals surface area contributed by atoms with Crippen LogP contribution in [0.2, 0.25) is 5.02 Å². The van der Waals surface area contributed by atoms with E-state index in [9.17, 15) is 9.90 Å². The molecule has 0 aromatic heterocycles. The fraction of sp³-hybridized carbons (Fsp3) is 0.588. The lowest BCUT2D eigenvalue weighted by Crippen LogP contribution is -2.47. The van der Waals surface area contributed by atoms with Gasteiger partial charge >= 0.3 is 0 Å². The van der Waals surface area contributed by atoms with Crippen LogP contribution >= 0.6 is 11.6 Å². The molecule has 1 aromatic rings.